The molecule has 9 heteroatoms. The van der Waals surface area contributed by atoms with Crippen molar-refractivity contribution in [3.05, 3.63) is 95.3 Å². The molecule has 0 saturated heterocycles. The summed E-state index contributed by atoms with van der Waals surface area (Å²) in [4.78, 5) is 41.2. The second-order valence-corrected chi connectivity index (χ2v) is 9.83. The summed E-state index contributed by atoms with van der Waals surface area (Å²) in [5.41, 5.74) is 3.28. The first-order valence-corrected chi connectivity index (χ1v) is 13.2. The lowest BCUT2D eigenvalue weighted by Gasteiger charge is -2.30. The van der Waals surface area contributed by atoms with Crippen LogP contribution in [0.5, 0.6) is 0 Å². The zero-order valence-corrected chi connectivity index (χ0v) is 21.8. The van der Waals surface area contributed by atoms with Gasteiger partial charge in [0, 0.05) is 35.7 Å². The maximum atomic E-state index is 13.9. The first-order chi connectivity index (χ1) is 18.4. The highest BCUT2D eigenvalue weighted by Crippen LogP contribution is 2.43. The zero-order valence-electron chi connectivity index (χ0n) is 20.9. The van der Waals surface area contributed by atoms with Gasteiger partial charge in [0.2, 0.25) is 11.8 Å². The molecule has 5 rings (SSSR count). The minimum Gasteiger partial charge on any atom is -0.462 e. The number of aromatic nitrogens is 1. The number of nitrogens with one attached hydrogen (secondary N) is 1. The van der Waals surface area contributed by atoms with Crippen LogP contribution >= 0.6 is 11.8 Å². The lowest BCUT2D eigenvalue weighted by Crippen LogP contribution is -2.43. The van der Waals surface area contributed by atoms with Crippen molar-refractivity contribution in [2.24, 2.45) is 7.05 Å². The quantitative estimate of drug-likeness (QED) is 0.355. The van der Waals surface area contributed by atoms with Gasteiger partial charge in [0.15, 0.2) is 0 Å². The summed E-state index contributed by atoms with van der Waals surface area (Å²) in [6.45, 7) is 2.16. The van der Waals surface area contributed by atoms with Crippen LogP contribution in [0.3, 0.4) is 0 Å². The summed E-state index contributed by atoms with van der Waals surface area (Å²) in [5.74, 6) is -1.28. The summed E-state index contributed by atoms with van der Waals surface area (Å²) < 4.78 is 20.5. The zero-order chi connectivity index (χ0) is 26.8. The number of thioether (sulfide) groups is 1. The molecule has 0 radical (unpaired) electrons. The Labute approximate surface area is 223 Å². The lowest BCUT2D eigenvalue weighted by atomic mass is 10.0. The topological polar surface area (TPSA) is 80.6 Å². The Balaban J connectivity index is 1.59. The Morgan fingerprint density at radius 1 is 1.05 bits per heavy atom. The van der Waals surface area contributed by atoms with E-state index in [2.05, 4.69) is 5.32 Å². The van der Waals surface area contributed by atoms with Crippen LogP contribution in [0.4, 0.5) is 10.1 Å². The molecule has 1 aliphatic rings. The fraction of sp³-hybridized carbons (Fsp3) is 0.207. The number of para-hydroxylation sites is 1. The lowest BCUT2D eigenvalue weighted by molar-refractivity contribution is -0.125. The molecule has 38 heavy (non-hydrogen) atoms. The van der Waals surface area contributed by atoms with E-state index in [0.29, 0.717) is 11.3 Å². The standard InChI is InChI=1S/C29H26FN3O4S/c1-3-37-29(36)19-10-14-21(15-11-19)33-24(34)17-38-28-25(22-6-4-5-7-23(22)32(28)2)26(33)27(35)31-16-18-8-12-20(30)13-9-18/h4-15,26H,3,16-17H2,1-2H3,(H,31,35)/t26-/m1/s1. The van der Waals surface area contributed by atoms with Gasteiger partial charge >= 0.3 is 5.97 Å². The van der Waals surface area contributed by atoms with Crippen LogP contribution in [0, 0.1) is 5.82 Å². The average molecular weight is 532 g/mol. The first kappa shape index (κ1) is 25.5. The Morgan fingerprint density at radius 3 is 2.47 bits per heavy atom. The molecule has 0 aliphatic carbocycles. The van der Waals surface area contributed by atoms with Crippen LogP contribution in [-0.4, -0.2) is 34.7 Å². The largest absolute Gasteiger partial charge is 0.462 e. The predicted molar refractivity (Wildman–Crippen MR) is 145 cm³/mol. The smallest absolute Gasteiger partial charge is 0.338 e. The summed E-state index contributed by atoms with van der Waals surface area (Å²) in [6.07, 6.45) is 0. The third-order valence-electron chi connectivity index (χ3n) is 6.51. The number of anilines is 1. The third kappa shape index (κ3) is 4.77. The molecule has 2 amide bonds. The van der Waals surface area contributed by atoms with Gasteiger partial charge in [-0.15, -0.1) is 0 Å². The van der Waals surface area contributed by atoms with Crippen molar-refractivity contribution >= 4 is 46.1 Å². The molecule has 0 spiro atoms. The van der Waals surface area contributed by atoms with Crippen LogP contribution in [0.25, 0.3) is 10.9 Å². The number of carbonyl (C=O) groups excluding carboxylic acids is 3. The van der Waals surface area contributed by atoms with Gasteiger partial charge in [0.05, 0.1) is 22.9 Å². The van der Waals surface area contributed by atoms with E-state index in [1.165, 1.54) is 28.8 Å². The fourth-order valence-corrected chi connectivity index (χ4v) is 5.78. The number of esters is 1. The Morgan fingerprint density at radius 2 is 1.76 bits per heavy atom. The number of nitrogens with zero attached hydrogens (tertiary/aromatic N) is 2. The molecule has 7 nitrogen and oxygen atoms in total. The van der Waals surface area contributed by atoms with Gasteiger partial charge in [0.25, 0.3) is 0 Å². The van der Waals surface area contributed by atoms with E-state index in [0.717, 1.165) is 27.1 Å². The van der Waals surface area contributed by atoms with E-state index < -0.39 is 12.0 Å². The Hall–Kier alpha value is -4.11. The third-order valence-corrected chi connectivity index (χ3v) is 7.67. The number of rotatable bonds is 6. The summed E-state index contributed by atoms with van der Waals surface area (Å²) in [6, 6.07) is 19.2. The monoisotopic (exact) mass is 531 g/mol. The molecule has 1 aromatic heterocycles. The second kappa shape index (κ2) is 10.7. The van der Waals surface area contributed by atoms with Crippen molar-refractivity contribution in [3.8, 4) is 0 Å². The number of aryl methyl sites for hydroxylation is 1. The molecule has 1 atom stereocenters. The maximum Gasteiger partial charge on any atom is 0.338 e. The second-order valence-electron chi connectivity index (χ2n) is 8.86. The van der Waals surface area contributed by atoms with Gasteiger partial charge in [-0.25, -0.2) is 9.18 Å². The normalized spacial score (nSPS) is 15.2. The molecule has 0 bridgehead atoms. The fourth-order valence-electron chi connectivity index (χ4n) is 4.71. The molecule has 194 valence electrons. The minimum atomic E-state index is -0.965. The Bertz CT molecular complexity index is 1520. The van der Waals surface area contributed by atoms with Crippen LogP contribution in [0.15, 0.2) is 77.8 Å². The molecule has 1 aliphatic heterocycles. The molecular weight excluding hydrogens is 505 g/mol. The van der Waals surface area contributed by atoms with Crippen LogP contribution in [-0.2, 0) is 27.9 Å². The first-order valence-electron chi connectivity index (χ1n) is 12.2. The summed E-state index contributed by atoms with van der Waals surface area (Å²) in [5, 5.41) is 4.67. The predicted octanol–water partition coefficient (Wildman–Crippen LogP) is 4.99. The van der Waals surface area contributed by atoms with Gasteiger partial charge in [-0.2, -0.15) is 0 Å². The molecular formula is C29H26FN3O4S. The average Bonchev–Trinajstić information content (AvgIpc) is 3.10. The van der Waals surface area contributed by atoms with E-state index in [4.69, 9.17) is 4.74 Å². The van der Waals surface area contributed by atoms with Crippen molar-refractivity contribution in [1.82, 2.24) is 9.88 Å². The number of fused-ring (bicyclic) bond motifs is 3. The number of carbonyl (C=O) groups is 3. The highest BCUT2D eigenvalue weighted by atomic mass is 32.2. The number of amides is 2. The number of hydrogen-bond donors (Lipinski definition) is 1. The minimum absolute atomic E-state index is 0.137. The van der Waals surface area contributed by atoms with Gasteiger partial charge in [-0.3, -0.25) is 14.5 Å². The molecule has 0 unspecified atom stereocenters. The van der Waals surface area contributed by atoms with Crippen LogP contribution < -0.4 is 10.2 Å². The van der Waals surface area contributed by atoms with Crippen LogP contribution in [0.1, 0.15) is 34.5 Å². The number of hydrogen-bond acceptors (Lipinski definition) is 5. The van der Waals surface area contributed by atoms with Crippen LogP contribution in [0.2, 0.25) is 0 Å². The van der Waals surface area contributed by atoms with Gasteiger partial charge in [0.1, 0.15) is 11.9 Å². The van der Waals surface area contributed by atoms with Crippen molar-refractivity contribution < 1.29 is 23.5 Å². The van der Waals surface area contributed by atoms with Gasteiger partial charge in [-0.05, 0) is 55.0 Å². The van der Waals surface area contributed by atoms with E-state index in [9.17, 15) is 18.8 Å². The van der Waals surface area contributed by atoms with E-state index in [1.54, 1.807) is 43.3 Å². The van der Waals surface area contributed by atoms with E-state index in [-0.39, 0.29) is 36.5 Å². The van der Waals surface area contributed by atoms with Crippen molar-refractivity contribution in [2.45, 2.75) is 24.5 Å². The molecule has 0 fully saturated rings. The number of ether oxygens (including phenoxy) is 1. The SMILES string of the molecule is CCOC(=O)c1ccc(N2C(=O)CSc3c(c4ccccc4n3C)[C@@H]2C(=O)NCc2ccc(F)cc2)cc1. The van der Waals surface area contributed by atoms with Crippen molar-refractivity contribution in [1.29, 1.82) is 0 Å². The Kier molecular flexibility index (Phi) is 7.20. The highest BCUT2D eigenvalue weighted by Gasteiger charge is 2.39. The molecule has 3 aromatic carbocycles. The molecule has 4 aromatic rings. The molecule has 1 N–H and O–H groups in total. The highest BCUT2D eigenvalue weighted by molar-refractivity contribution is 8.00. The number of benzene rings is 3. The number of halogens is 1. The maximum absolute atomic E-state index is 13.9. The van der Waals surface area contributed by atoms with E-state index >= 15 is 0 Å². The summed E-state index contributed by atoms with van der Waals surface area (Å²) in [7, 11) is 1.93. The van der Waals surface area contributed by atoms with Gasteiger partial charge in [-0.1, -0.05) is 42.1 Å². The summed E-state index contributed by atoms with van der Waals surface area (Å²) >= 11 is 1.40. The van der Waals surface area contributed by atoms with Crippen molar-refractivity contribution in [3.63, 3.8) is 0 Å². The molecule has 2 heterocycles. The van der Waals surface area contributed by atoms with Crippen molar-refractivity contribution in [2.75, 3.05) is 17.3 Å². The molecule has 0 saturated carbocycles. The van der Waals surface area contributed by atoms with Gasteiger partial charge < -0.3 is 14.6 Å². The van der Waals surface area contributed by atoms with E-state index in [1.807, 2.05) is 35.9 Å².